The minimum atomic E-state index is -0.723. The second kappa shape index (κ2) is 6.66. The lowest BCUT2D eigenvalue weighted by atomic mass is 10.5. The predicted molar refractivity (Wildman–Crippen MR) is 86.9 cm³/mol. The molecule has 0 saturated carbocycles. The van der Waals surface area contributed by atoms with Crippen LogP contribution in [0.5, 0.6) is 0 Å². The normalized spacial score (nSPS) is 10.7. The van der Waals surface area contributed by atoms with Crippen molar-refractivity contribution in [1.82, 2.24) is 23.3 Å². The Balaban J connectivity index is 2.71. The van der Waals surface area contributed by atoms with Gasteiger partial charge in [0.25, 0.3) is 0 Å². The van der Waals surface area contributed by atoms with E-state index < -0.39 is 17.1 Å². The number of imidazole rings is 1. The first-order valence-corrected chi connectivity index (χ1v) is 7.12. The van der Waals surface area contributed by atoms with Gasteiger partial charge in [0.15, 0.2) is 0 Å². The molecule has 0 atom stereocenters. The molecule has 2 rings (SSSR count). The summed E-state index contributed by atoms with van der Waals surface area (Å²) < 4.78 is 4.35. The molecule has 0 saturated heterocycles. The maximum atomic E-state index is 12.4. The number of allylic oxidation sites excluding steroid dienone is 2. The average molecular weight is 338 g/mol. The van der Waals surface area contributed by atoms with Crippen molar-refractivity contribution in [3.05, 3.63) is 73.9 Å². The van der Waals surface area contributed by atoms with Crippen LogP contribution in [0.2, 0.25) is 5.15 Å². The fraction of sp³-hybridized carbons (Fsp3) is 0.286. The van der Waals surface area contributed by atoms with E-state index in [0.29, 0.717) is 11.0 Å². The molecule has 8 nitrogen and oxygen atoms in total. The van der Waals surface area contributed by atoms with Gasteiger partial charge >= 0.3 is 17.1 Å². The van der Waals surface area contributed by atoms with E-state index >= 15 is 0 Å². The van der Waals surface area contributed by atoms with Crippen LogP contribution >= 0.6 is 11.6 Å². The van der Waals surface area contributed by atoms with Crippen LogP contribution in [-0.2, 0) is 26.7 Å². The molecule has 2 aromatic heterocycles. The van der Waals surface area contributed by atoms with Crippen molar-refractivity contribution >= 4 is 11.6 Å². The molecule has 0 aliphatic carbocycles. The van der Waals surface area contributed by atoms with Gasteiger partial charge in [0.2, 0.25) is 0 Å². The van der Waals surface area contributed by atoms with Gasteiger partial charge < -0.3 is 4.57 Å². The average Bonchev–Trinajstić information content (AvgIpc) is 2.84. The summed E-state index contributed by atoms with van der Waals surface area (Å²) in [7, 11) is 1.66. The molecule has 0 bridgehead atoms. The van der Waals surface area contributed by atoms with Crippen molar-refractivity contribution in [2.24, 2.45) is 7.05 Å². The van der Waals surface area contributed by atoms with Crippen LogP contribution in [-0.4, -0.2) is 23.3 Å². The molecule has 2 aromatic rings. The van der Waals surface area contributed by atoms with Crippen molar-refractivity contribution in [2.75, 3.05) is 0 Å². The Hall–Kier alpha value is -2.61. The second-order valence-corrected chi connectivity index (χ2v) is 5.18. The summed E-state index contributed by atoms with van der Waals surface area (Å²) in [6.45, 7) is 6.93. The number of aromatic nitrogens is 5. The molecule has 0 aliphatic heterocycles. The van der Waals surface area contributed by atoms with Crippen LogP contribution in [0.25, 0.3) is 0 Å². The minimum absolute atomic E-state index is 0.00356. The molecule has 0 fully saturated rings. The SMILES string of the molecule is C=CCn1c(=O)n(CC=C)c(=O)n(Cc2ncc(Cl)n2C)c1=O. The lowest BCUT2D eigenvalue weighted by Crippen LogP contribution is -2.54. The molecular formula is C14H16ClN5O3. The molecule has 0 N–H and O–H groups in total. The van der Waals surface area contributed by atoms with Gasteiger partial charge in [-0.2, -0.15) is 0 Å². The summed E-state index contributed by atoms with van der Waals surface area (Å²) in [5.41, 5.74) is -2.15. The van der Waals surface area contributed by atoms with Gasteiger partial charge in [-0.25, -0.2) is 33.1 Å². The van der Waals surface area contributed by atoms with Gasteiger partial charge in [0, 0.05) is 7.05 Å². The van der Waals surface area contributed by atoms with Gasteiger partial charge in [-0.15, -0.1) is 13.2 Å². The van der Waals surface area contributed by atoms with Gasteiger partial charge in [0.1, 0.15) is 11.0 Å². The van der Waals surface area contributed by atoms with E-state index in [0.717, 1.165) is 13.7 Å². The first-order valence-electron chi connectivity index (χ1n) is 6.74. The molecule has 2 heterocycles. The fourth-order valence-electron chi connectivity index (χ4n) is 2.10. The van der Waals surface area contributed by atoms with Crippen LogP contribution in [0.1, 0.15) is 5.82 Å². The number of hydrogen-bond acceptors (Lipinski definition) is 4. The van der Waals surface area contributed by atoms with Crippen LogP contribution in [0, 0.1) is 0 Å². The Kier molecular flexibility index (Phi) is 4.85. The minimum Gasteiger partial charge on any atom is -0.321 e. The van der Waals surface area contributed by atoms with Gasteiger partial charge in [-0.3, -0.25) is 0 Å². The molecule has 122 valence electrons. The molecule has 23 heavy (non-hydrogen) atoms. The van der Waals surface area contributed by atoms with E-state index in [2.05, 4.69) is 18.1 Å². The van der Waals surface area contributed by atoms with E-state index in [-0.39, 0.29) is 19.6 Å². The summed E-state index contributed by atoms with van der Waals surface area (Å²) in [5.74, 6) is 0.420. The van der Waals surface area contributed by atoms with Crippen LogP contribution in [0.4, 0.5) is 0 Å². The Bertz CT molecular complexity index is 883. The molecule has 9 heteroatoms. The number of halogens is 1. The van der Waals surface area contributed by atoms with E-state index in [1.54, 1.807) is 11.6 Å². The monoisotopic (exact) mass is 337 g/mol. The highest BCUT2D eigenvalue weighted by atomic mass is 35.5. The van der Waals surface area contributed by atoms with Gasteiger partial charge in [-0.05, 0) is 0 Å². The standard InChI is InChI=1S/C14H16ClN5O3/c1-4-6-18-12(21)19(7-5-2)14(23)20(13(18)22)9-11-16-8-10(15)17(11)3/h4-5,8H,1-2,6-7,9H2,3H3. The predicted octanol–water partition coefficient (Wildman–Crippen LogP) is -0.0211. The Morgan fingerprint density at radius 2 is 1.52 bits per heavy atom. The molecule has 0 aliphatic rings. The number of nitrogens with zero attached hydrogens (tertiary/aromatic N) is 5. The van der Waals surface area contributed by atoms with E-state index in [1.807, 2.05) is 0 Å². The summed E-state index contributed by atoms with van der Waals surface area (Å²) >= 11 is 5.91. The van der Waals surface area contributed by atoms with Gasteiger partial charge in [0.05, 0.1) is 25.8 Å². The summed E-state index contributed by atoms with van der Waals surface area (Å²) in [6.07, 6.45) is 4.24. The Morgan fingerprint density at radius 1 is 1.04 bits per heavy atom. The molecule has 0 amide bonds. The zero-order valence-electron chi connectivity index (χ0n) is 12.6. The first kappa shape index (κ1) is 16.8. The first-order chi connectivity index (χ1) is 10.9. The van der Waals surface area contributed by atoms with E-state index in [1.165, 1.54) is 18.3 Å². The molecule has 0 unspecified atom stereocenters. The third-order valence-corrected chi connectivity index (χ3v) is 3.69. The van der Waals surface area contributed by atoms with Crippen molar-refractivity contribution < 1.29 is 0 Å². The third kappa shape index (κ3) is 2.98. The van der Waals surface area contributed by atoms with Crippen molar-refractivity contribution in [3.8, 4) is 0 Å². The highest BCUT2D eigenvalue weighted by Crippen LogP contribution is 2.08. The van der Waals surface area contributed by atoms with E-state index in [4.69, 9.17) is 11.6 Å². The fourth-order valence-corrected chi connectivity index (χ4v) is 2.25. The summed E-state index contributed by atoms with van der Waals surface area (Å²) in [4.78, 5) is 41.2. The maximum absolute atomic E-state index is 12.4. The van der Waals surface area contributed by atoms with Crippen LogP contribution < -0.4 is 17.1 Å². The third-order valence-electron chi connectivity index (χ3n) is 3.34. The zero-order chi connectivity index (χ0) is 17.1. The molecule has 0 radical (unpaired) electrons. The molecular weight excluding hydrogens is 322 g/mol. The van der Waals surface area contributed by atoms with Gasteiger partial charge in [-0.1, -0.05) is 23.8 Å². The quantitative estimate of drug-likeness (QED) is 0.693. The molecule has 0 aromatic carbocycles. The largest absolute Gasteiger partial charge is 0.337 e. The number of hydrogen-bond donors (Lipinski definition) is 0. The highest BCUT2D eigenvalue weighted by Gasteiger charge is 2.16. The topological polar surface area (TPSA) is 83.8 Å². The lowest BCUT2D eigenvalue weighted by Gasteiger charge is -2.12. The maximum Gasteiger partial charge on any atom is 0.337 e. The smallest absolute Gasteiger partial charge is 0.321 e. The molecule has 0 spiro atoms. The van der Waals surface area contributed by atoms with E-state index in [9.17, 15) is 14.4 Å². The van der Waals surface area contributed by atoms with Crippen LogP contribution in [0.15, 0.2) is 45.9 Å². The Morgan fingerprint density at radius 3 is 1.91 bits per heavy atom. The Labute approximate surface area is 136 Å². The van der Waals surface area contributed by atoms with Crippen LogP contribution in [0.3, 0.4) is 0 Å². The summed E-state index contributed by atoms with van der Waals surface area (Å²) in [6, 6.07) is 0. The lowest BCUT2D eigenvalue weighted by molar-refractivity contribution is 0.489. The zero-order valence-corrected chi connectivity index (χ0v) is 13.4. The van der Waals surface area contributed by atoms with Crippen molar-refractivity contribution in [3.63, 3.8) is 0 Å². The van der Waals surface area contributed by atoms with Crippen molar-refractivity contribution in [1.29, 1.82) is 0 Å². The highest BCUT2D eigenvalue weighted by molar-refractivity contribution is 6.29. The number of rotatable bonds is 6. The second-order valence-electron chi connectivity index (χ2n) is 4.79. The van der Waals surface area contributed by atoms with Crippen molar-refractivity contribution in [2.45, 2.75) is 19.6 Å². The summed E-state index contributed by atoms with van der Waals surface area (Å²) in [5, 5.41) is 0.374.